The molecule has 0 bridgehead atoms. The maximum atomic E-state index is 13.1. The van der Waals surface area contributed by atoms with E-state index in [-0.39, 0.29) is 29.7 Å². The molecule has 110 valence electrons. The number of aromatic amines is 2. The van der Waals surface area contributed by atoms with Gasteiger partial charge in [-0.1, -0.05) is 12.1 Å². The van der Waals surface area contributed by atoms with E-state index in [2.05, 4.69) is 19.9 Å². The average molecular weight is 310 g/mol. The molecule has 4 N–H and O–H groups in total. The summed E-state index contributed by atoms with van der Waals surface area (Å²) in [5.74, 6) is 0.386. The third-order valence-electron chi connectivity index (χ3n) is 2.97. The molecule has 8 heteroatoms. The summed E-state index contributed by atoms with van der Waals surface area (Å²) >= 11 is 0. The Morgan fingerprint density at radius 1 is 1.19 bits per heavy atom. The van der Waals surface area contributed by atoms with Crippen LogP contribution in [-0.4, -0.2) is 19.9 Å². The van der Waals surface area contributed by atoms with Gasteiger partial charge in [0.1, 0.15) is 11.6 Å². The Bertz CT molecular complexity index is 829. The standard InChI is InChI=1S/C13H12FN5O.ClH/c14-8-3-1-2-7(6-8)4-5-9-16-10-11(17-9)18-13(15)19-12(10)20;/h1-3,6H,4-5H2,(H4,15,16,17,18,19,20);1H. The molecule has 0 saturated heterocycles. The van der Waals surface area contributed by atoms with Crippen molar-refractivity contribution in [2.45, 2.75) is 12.8 Å². The molecule has 0 spiro atoms. The Morgan fingerprint density at radius 3 is 2.76 bits per heavy atom. The smallest absolute Gasteiger partial charge is 0.278 e. The van der Waals surface area contributed by atoms with Crippen LogP contribution in [0.1, 0.15) is 11.4 Å². The van der Waals surface area contributed by atoms with Crippen LogP contribution in [0, 0.1) is 5.82 Å². The van der Waals surface area contributed by atoms with E-state index in [1.54, 1.807) is 6.07 Å². The fraction of sp³-hybridized carbons (Fsp3) is 0.154. The fourth-order valence-electron chi connectivity index (χ4n) is 2.05. The molecule has 0 atom stereocenters. The molecular formula is C13H13ClFN5O. The molecule has 0 radical (unpaired) electrons. The molecule has 2 aromatic heterocycles. The van der Waals surface area contributed by atoms with Crippen molar-refractivity contribution < 1.29 is 4.39 Å². The van der Waals surface area contributed by atoms with Crippen molar-refractivity contribution in [3.63, 3.8) is 0 Å². The Balaban J connectivity index is 0.00000161. The summed E-state index contributed by atoms with van der Waals surface area (Å²) in [6.07, 6.45) is 1.17. The van der Waals surface area contributed by atoms with E-state index in [1.807, 2.05) is 6.07 Å². The van der Waals surface area contributed by atoms with Crippen molar-refractivity contribution >= 4 is 29.5 Å². The predicted octanol–water partition coefficient (Wildman–Crippen LogP) is 1.57. The lowest BCUT2D eigenvalue weighted by atomic mass is 10.1. The molecular weight excluding hydrogens is 297 g/mol. The number of benzene rings is 1. The third kappa shape index (κ3) is 3.19. The number of H-pyrrole nitrogens is 2. The van der Waals surface area contributed by atoms with Gasteiger partial charge in [-0.25, -0.2) is 9.37 Å². The van der Waals surface area contributed by atoms with Gasteiger partial charge in [0.25, 0.3) is 5.56 Å². The summed E-state index contributed by atoms with van der Waals surface area (Å²) in [5.41, 5.74) is 6.56. The summed E-state index contributed by atoms with van der Waals surface area (Å²) in [6.45, 7) is 0. The fourth-order valence-corrected chi connectivity index (χ4v) is 2.05. The van der Waals surface area contributed by atoms with Crippen molar-refractivity contribution in [1.29, 1.82) is 0 Å². The molecule has 0 amide bonds. The molecule has 0 saturated carbocycles. The molecule has 0 aliphatic rings. The van der Waals surface area contributed by atoms with Gasteiger partial charge in [0.15, 0.2) is 11.2 Å². The van der Waals surface area contributed by atoms with Crippen LogP contribution in [0.3, 0.4) is 0 Å². The summed E-state index contributed by atoms with van der Waals surface area (Å²) < 4.78 is 13.1. The first-order valence-electron chi connectivity index (χ1n) is 6.10. The van der Waals surface area contributed by atoms with Crippen molar-refractivity contribution in [1.82, 2.24) is 19.9 Å². The number of nitrogens with one attached hydrogen (secondary N) is 2. The Hall–Kier alpha value is -2.41. The van der Waals surface area contributed by atoms with E-state index in [0.29, 0.717) is 29.8 Å². The topological polar surface area (TPSA) is 100 Å². The number of aromatic nitrogens is 4. The van der Waals surface area contributed by atoms with Gasteiger partial charge in [-0.2, -0.15) is 4.98 Å². The van der Waals surface area contributed by atoms with Crippen molar-refractivity contribution in [3.05, 3.63) is 51.8 Å². The number of aryl methyl sites for hydroxylation is 2. The third-order valence-corrected chi connectivity index (χ3v) is 2.97. The van der Waals surface area contributed by atoms with E-state index in [1.165, 1.54) is 12.1 Å². The zero-order valence-electron chi connectivity index (χ0n) is 10.9. The van der Waals surface area contributed by atoms with Gasteiger partial charge in [0, 0.05) is 6.42 Å². The number of anilines is 1. The summed E-state index contributed by atoms with van der Waals surface area (Å²) in [6, 6.07) is 6.38. The highest BCUT2D eigenvalue weighted by Gasteiger charge is 2.08. The summed E-state index contributed by atoms with van der Waals surface area (Å²) in [7, 11) is 0. The van der Waals surface area contributed by atoms with Crippen LogP contribution in [0.15, 0.2) is 29.1 Å². The number of imidazole rings is 1. The van der Waals surface area contributed by atoms with Crippen LogP contribution in [0.5, 0.6) is 0 Å². The lowest BCUT2D eigenvalue weighted by Gasteiger charge is -1.99. The largest absolute Gasteiger partial charge is 0.369 e. The average Bonchev–Trinajstić information content (AvgIpc) is 2.80. The van der Waals surface area contributed by atoms with E-state index in [4.69, 9.17) is 5.73 Å². The zero-order chi connectivity index (χ0) is 14.1. The molecule has 0 unspecified atom stereocenters. The maximum absolute atomic E-state index is 13.1. The minimum Gasteiger partial charge on any atom is -0.369 e. The molecule has 3 aromatic rings. The number of rotatable bonds is 3. The normalized spacial score (nSPS) is 10.5. The highest BCUT2D eigenvalue weighted by atomic mass is 35.5. The van der Waals surface area contributed by atoms with Gasteiger partial charge < -0.3 is 10.7 Å². The van der Waals surface area contributed by atoms with Crippen molar-refractivity contribution in [2.24, 2.45) is 0 Å². The molecule has 2 heterocycles. The first kappa shape index (κ1) is 15.0. The van der Waals surface area contributed by atoms with Gasteiger partial charge in [-0.3, -0.25) is 9.78 Å². The van der Waals surface area contributed by atoms with Crippen molar-refractivity contribution in [2.75, 3.05) is 5.73 Å². The molecule has 1 aromatic carbocycles. The van der Waals surface area contributed by atoms with Crippen LogP contribution < -0.4 is 11.3 Å². The van der Waals surface area contributed by atoms with Crippen molar-refractivity contribution in [3.8, 4) is 0 Å². The second-order valence-electron chi connectivity index (χ2n) is 4.46. The number of halogens is 2. The first-order chi connectivity index (χ1) is 9.61. The van der Waals surface area contributed by atoms with Crippen LogP contribution in [0.25, 0.3) is 11.2 Å². The van der Waals surface area contributed by atoms with Crippen LogP contribution in [-0.2, 0) is 12.8 Å². The van der Waals surface area contributed by atoms with Crippen LogP contribution >= 0.6 is 12.4 Å². The number of hydrogen-bond donors (Lipinski definition) is 3. The van der Waals surface area contributed by atoms with Gasteiger partial charge in [0.05, 0.1) is 0 Å². The van der Waals surface area contributed by atoms with Gasteiger partial charge in [-0.15, -0.1) is 12.4 Å². The Morgan fingerprint density at radius 2 is 2.00 bits per heavy atom. The lowest BCUT2D eigenvalue weighted by molar-refractivity contribution is 0.625. The number of fused-ring (bicyclic) bond motifs is 1. The van der Waals surface area contributed by atoms with Crippen LogP contribution in [0.2, 0.25) is 0 Å². The van der Waals surface area contributed by atoms with E-state index < -0.39 is 0 Å². The summed E-state index contributed by atoms with van der Waals surface area (Å²) in [5, 5.41) is 0. The van der Waals surface area contributed by atoms with Gasteiger partial charge >= 0.3 is 0 Å². The van der Waals surface area contributed by atoms with Gasteiger partial charge in [0.2, 0.25) is 5.95 Å². The Kier molecular flexibility index (Phi) is 4.23. The SMILES string of the molecule is Cl.Nc1nc2nc(CCc3cccc(F)c3)[nH]c2c(=O)[nH]1. The summed E-state index contributed by atoms with van der Waals surface area (Å²) in [4.78, 5) is 25.1. The highest BCUT2D eigenvalue weighted by Crippen LogP contribution is 2.09. The second kappa shape index (κ2) is 5.92. The quantitative estimate of drug-likeness (QED) is 0.683. The molecule has 6 nitrogen and oxygen atoms in total. The number of nitrogens with zero attached hydrogens (tertiary/aromatic N) is 2. The lowest BCUT2D eigenvalue weighted by Crippen LogP contribution is -2.10. The zero-order valence-corrected chi connectivity index (χ0v) is 11.7. The Labute approximate surface area is 125 Å². The van der Waals surface area contributed by atoms with Crippen LogP contribution in [0.4, 0.5) is 10.3 Å². The van der Waals surface area contributed by atoms with Gasteiger partial charge in [-0.05, 0) is 24.1 Å². The minimum absolute atomic E-state index is 0. The predicted molar refractivity (Wildman–Crippen MR) is 80.0 cm³/mol. The first-order valence-corrected chi connectivity index (χ1v) is 6.10. The number of hydrogen-bond acceptors (Lipinski definition) is 4. The molecule has 0 aliphatic carbocycles. The second-order valence-corrected chi connectivity index (χ2v) is 4.46. The maximum Gasteiger partial charge on any atom is 0.278 e. The van der Waals surface area contributed by atoms with E-state index >= 15 is 0 Å². The highest BCUT2D eigenvalue weighted by molar-refractivity contribution is 5.85. The number of nitrogens with two attached hydrogens (primary N) is 1. The molecule has 0 fully saturated rings. The van der Waals surface area contributed by atoms with E-state index in [0.717, 1.165) is 5.56 Å². The molecule has 3 rings (SSSR count). The van der Waals surface area contributed by atoms with E-state index in [9.17, 15) is 9.18 Å². The monoisotopic (exact) mass is 309 g/mol. The number of nitrogen functional groups attached to an aromatic ring is 1. The minimum atomic E-state index is -0.350. The molecule has 21 heavy (non-hydrogen) atoms. The molecule has 0 aliphatic heterocycles.